The smallest absolute Gasteiger partial charge is 0.409 e. The van der Waals surface area contributed by atoms with Crippen molar-refractivity contribution in [2.75, 3.05) is 26.7 Å². The van der Waals surface area contributed by atoms with Gasteiger partial charge in [0, 0.05) is 32.4 Å². The van der Waals surface area contributed by atoms with Crippen LogP contribution in [0.1, 0.15) is 25.5 Å². The molecule has 1 fully saturated rings. The Labute approximate surface area is 165 Å². The van der Waals surface area contributed by atoms with E-state index in [0.717, 1.165) is 30.2 Å². The zero-order chi connectivity index (χ0) is 19.8. The number of benzene rings is 1. The van der Waals surface area contributed by atoms with Gasteiger partial charge in [-0.3, -0.25) is 4.99 Å². The van der Waals surface area contributed by atoms with E-state index in [0.29, 0.717) is 26.2 Å². The Morgan fingerprint density at radius 2 is 2.00 bits per heavy atom. The van der Waals surface area contributed by atoms with Crippen LogP contribution in [0.15, 0.2) is 47.6 Å². The van der Waals surface area contributed by atoms with E-state index >= 15 is 0 Å². The second-order valence-corrected chi connectivity index (χ2v) is 6.62. The Hall–Kier alpha value is -3.03. The SMILES string of the molecule is CCOC(=O)N1CCC(NC(=NC)NCc2ccn(-c3ccccc3)n2)CC1. The fourth-order valence-electron chi connectivity index (χ4n) is 3.16. The van der Waals surface area contributed by atoms with Gasteiger partial charge in [0.2, 0.25) is 0 Å². The van der Waals surface area contributed by atoms with Crippen LogP contribution < -0.4 is 10.6 Å². The largest absolute Gasteiger partial charge is 0.450 e. The van der Waals surface area contributed by atoms with Gasteiger partial charge in [0.05, 0.1) is 24.5 Å². The van der Waals surface area contributed by atoms with Crippen LogP contribution in [0.2, 0.25) is 0 Å². The molecule has 0 aliphatic carbocycles. The molecular weight excluding hydrogens is 356 g/mol. The number of likely N-dealkylation sites (tertiary alicyclic amines) is 1. The lowest BCUT2D eigenvalue weighted by Gasteiger charge is -2.32. The molecule has 28 heavy (non-hydrogen) atoms. The number of aliphatic imine (C=N–C) groups is 1. The van der Waals surface area contributed by atoms with Crippen LogP contribution in [-0.2, 0) is 11.3 Å². The molecule has 8 nitrogen and oxygen atoms in total. The minimum atomic E-state index is -0.225. The van der Waals surface area contributed by atoms with Gasteiger partial charge >= 0.3 is 6.09 Å². The molecule has 1 amide bonds. The molecule has 0 unspecified atom stereocenters. The Balaban J connectivity index is 1.46. The maximum atomic E-state index is 11.8. The molecule has 1 saturated heterocycles. The summed E-state index contributed by atoms with van der Waals surface area (Å²) >= 11 is 0. The minimum Gasteiger partial charge on any atom is -0.450 e. The van der Waals surface area contributed by atoms with E-state index in [4.69, 9.17) is 4.74 Å². The van der Waals surface area contributed by atoms with Gasteiger partial charge in [-0.15, -0.1) is 0 Å². The number of hydrogen-bond donors (Lipinski definition) is 2. The molecule has 0 radical (unpaired) electrons. The number of nitrogens with zero attached hydrogens (tertiary/aromatic N) is 4. The molecule has 1 aromatic heterocycles. The third kappa shape index (κ3) is 5.25. The number of amides is 1. The van der Waals surface area contributed by atoms with Crippen molar-refractivity contribution < 1.29 is 9.53 Å². The van der Waals surface area contributed by atoms with Gasteiger partial charge < -0.3 is 20.3 Å². The molecule has 150 valence electrons. The number of carbonyl (C=O) groups is 1. The second-order valence-electron chi connectivity index (χ2n) is 6.62. The maximum Gasteiger partial charge on any atom is 0.409 e. The first-order valence-corrected chi connectivity index (χ1v) is 9.68. The van der Waals surface area contributed by atoms with Crippen LogP contribution in [0.5, 0.6) is 0 Å². The number of piperidine rings is 1. The Morgan fingerprint density at radius 1 is 1.25 bits per heavy atom. The lowest BCUT2D eigenvalue weighted by Crippen LogP contribution is -2.49. The van der Waals surface area contributed by atoms with E-state index in [1.165, 1.54) is 0 Å². The summed E-state index contributed by atoms with van der Waals surface area (Å²) in [7, 11) is 1.76. The third-order valence-electron chi connectivity index (χ3n) is 4.69. The molecule has 1 aliphatic rings. The van der Waals surface area contributed by atoms with Gasteiger partial charge in [-0.1, -0.05) is 18.2 Å². The molecule has 0 saturated carbocycles. The number of hydrogen-bond acceptors (Lipinski definition) is 4. The normalized spacial score (nSPS) is 15.4. The molecule has 8 heteroatoms. The summed E-state index contributed by atoms with van der Waals surface area (Å²) in [5, 5.41) is 11.3. The summed E-state index contributed by atoms with van der Waals surface area (Å²) in [6.07, 6.45) is 3.45. The fourth-order valence-corrected chi connectivity index (χ4v) is 3.16. The van der Waals surface area contributed by atoms with Crippen molar-refractivity contribution in [2.24, 2.45) is 4.99 Å². The van der Waals surface area contributed by atoms with Gasteiger partial charge in [-0.25, -0.2) is 9.48 Å². The van der Waals surface area contributed by atoms with Gasteiger partial charge in [0.15, 0.2) is 5.96 Å². The molecule has 0 bridgehead atoms. The molecule has 1 aliphatic heterocycles. The summed E-state index contributed by atoms with van der Waals surface area (Å²) in [6.45, 7) is 4.20. The highest BCUT2D eigenvalue weighted by Crippen LogP contribution is 2.11. The predicted molar refractivity (Wildman–Crippen MR) is 109 cm³/mol. The molecule has 2 aromatic rings. The van der Waals surface area contributed by atoms with E-state index < -0.39 is 0 Å². The van der Waals surface area contributed by atoms with Crippen molar-refractivity contribution in [3.8, 4) is 5.69 Å². The monoisotopic (exact) mass is 384 g/mol. The lowest BCUT2D eigenvalue weighted by atomic mass is 10.1. The number of guanidine groups is 1. The first-order chi connectivity index (χ1) is 13.7. The molecule has 2 N–H and O–H groups in total. The summed E-state index contributed by atoms with van der Waals surface area (Å²) in [5.74, 6) is 0.740. The Bertz CT molecular complexity index is 781. The van der Waals surface area contributed by atoms with Crippen molar-refractivity contribution in [2.45, 2.75) is 32.4 Å². The first kappa shape index (κ1) is 19.7. The summed E-state index contributed by atoms with van der Waals surface area (Å²) in [6, 6.07) is 12.3. The highest BCUT2D eigenvalue weighted by atomic mass is 16.6. The van der Waals surface area contributed by atoms with Crippen LogP contribution in [0, 0.1) is 0 Å². The third-order valence-corrected chi connectivity index (χ3v) is 4.69. The number of nitrogens with one attached hydrogen (secondary N) is 2. The minimum absolute atomic E-state index is 0.225. The first-order valence-electron chi connectivity index (χ1n) is 9.68. The van der Waals surface area contributed by atoms with Crippen LogP contribution in [0.4, 0.5) is 4.79 Å². The molecule has 1 aromatic carbocycles. The summed E-state index contributed by atoms with van der Waals surface area (Å²) in [5.41, 5.74) is 1.97. The quantitative estimate of drug-likeness (QED) is 0.610. The van der Waals surface area contributed by atoms with Gasteiger partial charge in [-0.05, 0) is 38.0 Å². The molecule has 2 heterocycles. The number of rotatable bonds is 5. The number of ether oxygens (including phenoxy) is 1. The summed E-state index contributed by atoms with van der Waals surface area (Å²) < 4.78 is 6.92. The fraction of sp³-hybridized carbons (Fsp3) is 0.450. The zero-order valence-electron chi connectivity index (χ0n) is 16.5. The van der Waals surface area contributed by atoms with Crippen molar-refractivity contribution in [1.29, 1.82) is 0 Å². The van der Waals surface area contributed by atoms with E-state index in [9.17, 15) is 4.79 Å². The standard InChI is InChI=1S/C20H28N6O2/c1-3-28-20(27)25-12-9-16(10-13-25)23-19(21-2)22-15-17-11-14-26(24-17)18-7-5-4-6-8-18/h4-8,11,14,16H,3,9-10,12-13,15H2,1-2H3,(H2,21,22,23). The number of aromatic nitrogens is 2. The topological polar surface area (TPSA) is 83.8 Å². The van der Waals surface area contributed by atoms with Crippen LogP contribution in [0.25, 0.3) is 5.69 Å². The Kier molecular flexibility index (Phi) is 6.89. The average Bonchev–Trinajstić information content (AvgIpc) is 3.21. The van der Waals surface area contributed by atoms with E-state index in [2.05, 4.69) is 20.7 Å². The van der Waals surface area contributed by atoms with Gasteiger partial charge in [-0.2, -0.15) is 5.10 Å². The van der Waals surface area contributed by atoms with Crippen LogP contribution >= 0.6 is 0 Å². The predicted octanol–water partition coefficient (Wildman–Crippen LogP) is 2.16. The average molecular weight is 384 g/mol. The molecule has 0 spiro atoms. The molecular formula is C20H28N6O2. The highest BCUT2D eigenvalue weighted by Gasteiger charge is 2.24. The van der Waals surface area contributed by atoms with E-state index in [1.807, 2.05) is 54.2 Å². The highest BCUT2D eigenvalue weighted by molar-refractivity contribution is 5.80. The van der Waals surface area contributed by atoms with E-state index in [-0.39, 0.29) is 12.1 Å². The van der Waals surface area contributed by atoms with Gasteiger partial charge in [0.25, 0.3) is 0 Å². The van der Waals surface area contributed by atoms with E-state index in [1.54, 1.807) is 11.9 Å². The molecule has 0 atom stereocenters. The Morgan fingerprint density at radius 3 is 2.68 bits per heavy atom. The van der Waals surface area contributed by atoms with Gasteiger partial charge in [0.1, 0.15) is 0 Å². The number of carbonyl (C=O) groups excluding carboxylic acids is 1. The second kappa shape index (κ2) is 9.77. The maximum absolute atomic E-state index is 11.8. The number of para-hydroxylation sites is 1. The van der Waals surface area contributed by atoms with Crippen LogP contribution in [0.3, 0.4) is 0 Å². The molecule has 3 rings (SSSR count). The van der Waals surface area contributed by atoms with Crippen molar-refractivity contribution >= 4 is 12.1 Å². The summed E-state index contributed by atoms with van der Waals surface area (Å²) in [4.78, 5) is 17.8. The lowest BCUT2D eigenvalue weighted by molar-refractivity contribution is 0.0963. The van der Waals surface area contributed by atoms with Crippen molar-refractivity contribution in [3.63, 3.8) is 0 Å². The van der Waals surface area contributed by atoms with Crippen molar-refractivity contribution in [3.05, 3.63) is 48.3 Å². The zero-order valence-corrected chi connectivity index (χ0v) is 16.5. The van der Waals surface area contributed by atoms with Crippen LogP contribution in [-0.4, -0.2) is 59.5 Å². The van der Waals surface area contributed by atoms with Crippen molar-refractivity contribution in [1.82, 2.24) is 25.3 Å².